The fourth-order valence-electron chi connectivity index (χ4n) is 3.59. The van der Waals surface area contributed by atoms with E-state index in [1.165, 1.54) is 10.9 Å². The van der Waals surface area contributed by atoms with Gasteiger partial charge in [0.15, 0.2) is 0 Å². The van der Waals surface area contributed by atoms with Crippen molar-refractivity contribution in [3.63, 3.8) is 0 Å². The Morgan fingerprint density at radius 1 is 0.833 bits per heavy atom. The Bertz CT molecular complexity index is 1150. The summed E-state index contributed by atoms with van der Waals surface area (Å²) in [6, 6.07) is 15.2. The van der Waals surface area contributed by atoms with Crippen LogP contribution in [0, 0.1) is 22.0 Å². The van der Waals surface area contributed by atoms with Gasteiger partial charge in [-0.3, -0.25) is 10.1 Å². The molecule has 0 aliphatic heterocycles. The first-order chi connectivity index (χ1) is 14.2. The lowest BCUT2D eigenvalue weighted by Gasteiger charge is -2.08. The Morgan fingerprint density at radius 3 is 1.83 bits per heavy atom. The van der Waals surface area contributed by atoms with Gasteiger partial charge < -0.3 is 14.9 Å². The summed E-state index contributed by atoms with van der Waals surface area (Å²) < 4.78 is 4.32. The second-order valence-corrected chi connectivity index (χ2v) is 8.54. The van der Waals surface area contributed by atoms with Crippen LogP contribution in [0.25, 0.3) is 21.8 Å². The van der Waals surface area contributed by atoms with Gasteiger partial charge in [0.05, 0.1) is 16.0 Å². The fourth-order valence-corrected chi connectivity index (χ4v) is 3.59. The van der Waals surface area contributed by atoms with Crippen molar-refractivity contribution in [1.29, 1.82) is 0 Å². The van der Waals surface area contributed by atoms with E-state index in [0.717, 1.165) is 29.7 Å². The summed E-state index contributed by atoms with van der Waals surface area (Å²) in [6.45, 7) is 10.6. The summed E-state index contributed by atoms with van der Waals surface area (Å²) in [5.41, 5.74) is 8.92. The van der Waals surface area contributed by atoms with E-state index in [1.54, 1.807) is 18.2 Å². The van der Waals surface area contributed by atoms with Crippen LogP contribution in [-0.4, -0.2) is 14.1 Å². The molecule has 2 aromatic heterocycles. The fraction of sp³-hybridized carbons (Fsp3) is 0.333. The lowest BCUT2D eigenvalue weighted by Crippen LogP contribution is -2.02. The molecule has 0 saturated carbocycles. The minimum Gasteiger partial charge on any atom is -0.399 e. The Morgan fingerprint density at radius 2 is 1.33 bits per heavy atom. The average Bonchev–Trinajstić information content (AvgIpc) is 3.25. The van der Waals surface area contributed by atoms with Crippen molar-refractivity contribution in [2.45, 2.75) is 40.8 Å². The van der Waals surface area contributed by atoms with Crippen molar-refractivity contribution in [3.05, 3.63) is 71.0 Å². The maximum absolute atomic E-state index is 10.7. The first kappa shape index (κ1) is 21.4. The molecule has 4 aromatic rings. The zero-order chi connectivity index (χ0) is 21.8. The molecule has 0 fully saturated rings. The topological polar surface area (TPSA) is 79.0 Å². The lowest BCUT2D eigenvalue weighted by atomic mass is 10.2. The largest absolute Gasteiger partial charge is 0.399 e. The first-order valence-corrected chi connectivity index (χ1v) is 10.3. The third-order valence-corrected chi connectivity index (χ3v) is 4.89. The summed E-state index contributed by atoms with van der Waals surface area (Å²) in [4.78, 5) is 10.3. The number of nitro benzene ring substituents is 1. The van der Waals surface area contributed by atoms with Crippen LogP contribution in [0.4, 0.5) is 11.4 Å². The van der Waals surface area contributed by atoms with Crippen LogP contribution in [0.3, 0.4) is 0 Å². The van der Waals surface area contributed by atoms with Crippen molar-refractivity contribution in [2.24, 2.45) is 11.8 Å². The Balaban J connectivity index is 0.000000172. The molecular weight excluding hydrogens is 376 g/mol. The number of nitrogen functional groups attached to an aromatic ring is 1. The number of aromatic nitrogens is 2. The van der Waals surface area contributed by atoms with Gasteiger partial charge in [0.25, 0.3) is 5.69 Å². The van der Waals surface area contributed by atoms with Gasteiger partial charge in [0.1, 0.15) is 0 Å². The SMILES string of the molecule is CC(C)Cn1ccc2ccc(N)cc21.CC(C)Cn1ccc2ccc([N+](=O)[O-])cc21. The van der Waals surface area contributed by atoms with E-state index in [9.17, 15) is 10.1 Å². The number of hydrogen-bond donors (Lipinski definition) is 1. The minimum absolute atomic E-state index is 0.149. The van der Waals surface area contributed by atoms with Crippen LogP contribution in [0.15, 0.2) is 60.9 Å². The Hall–Kier alpha value is -3.28. The molecular formula is C24H30N4O2. The number of nitrogens with zero attached hydrogens (tertiary/aromatic N) is 3. The number of fused-ring (bicyclic) bond motifs is 2. The highest BCUT2D eigenvalue weighted by molar-refractivity contribution is 5.83. The van der Waals surface area contributed by atoms with Gasteiger partial charge >= 0.3 is 0 Å². The standard InChI is InChI=1S/C12H14N2O2.C12H16N2/c1-9(2)8-13-6-5-10-3-4-11(14(15)16)7-12(10)13;1-9(2)8-14-6-5-10-3-4-11(13)7-12(10)14/h3-7,9H,8H2,1-2H3;3-7,9H,8,13H2,1-2H3. The van der Waals surface area contributed by atoms with Crippen molar-refractivity contribution in [3.8, 4) is 0 Å². The number of nitrogens with two attached hydrogens (primary N) is 1. The van der Waals surface area contributed by atoms with Crippen LogP contribution >= 0.6 is 0 Å². The molecule has 2 heterocycles. The molecule has 0 bridgehead atoms. The quantitative estimate of drug-likeness (QED) is 0.248. The second-order valence-electron chi connectivity index (χ2n) is 8.54. The highest BCUT2D eigenvalue weighted by Crippen LogP contribution is 2.23. The third kappa shape index (κ3) is 5.00. The van der Waals surface area contributed by atoms with Crippen LogP contribution < -0.4 is 5.73 Å². The van der Waals surface area contributed by atoms with Crippen LogP contribution in [0.2, 0.25) is 0 Å². The van der Waals surface area contributed by atoms with Crippen molar-refractivity contribution >= 4 is 33.2 Å². The molecule has 0 atom stereocenters. The van der Waals surface area contributed by atoms with E-state index in [-0.39, 0.29) is 10.6 Å². The van der Waals surface area contributed by atoms with E-state index >= 15 is 0 Å². The predicted octanol–water partition coefficient (Wildman–Crippen LogP) is 6.09. The summed E-state index contributed by atoms with van der Waals surface area (Å²) in [7, 11) is 0. The van der Waals surface area contributed by atoms with E-state index in [1.807, 2.05) is 24.4 Å². The summed E-state index contributed by atoms with van der Waals surface area (Å²) >= 11 is 0. The molecule has 0 spiro atoms. The molecule has 0 saturated heterocycles. The molecule has 0 aliphatic rings. The van der Waals surface area contributed by atoms with E-state index < -0.39 is 0 Å². The molecule has 0 amide bonds. The number of hydrogen-bond acceptors (Lipinski definition) is 3. The zero-order valence-electron chi connectivity index (χ0n) is 18.1. The van der Waals surface area contributed by atoms with Gasteiger partial charge in [-0.15, -0.1) is 0 Å². The molecule has 30 heavy (non-hydrogen) atoms. The van der Waals surface area contributed by atoms with Gasteiger partial charge in [-0.25, -0.2) is 0 Å². The number of non-ortho nitro benzene ring substituents is 1. The molecule has 2 N–H and O–H groups in total. The minimum atomic E-state index is -0.355. The van der Waals surface area contributed by atoms with Gasteiger partial charge in [-0.2, -0.15) is 0 Å². The maximum Gasteiger partial charge on any atom is 0.271 e. The molecule has 6 nitrogen and oxygen atoms in total. The van der Waals surface area contributed by atoms with Gasteiger partial charge in [-0.1, -0.05) is 33.8 Å². The number of rotatable bonds is 5. The van der Waals surface area contributed by atoms with Crippen molar-refractivity contribution in [1.82, 2.24) is 9.13 Å². The summed E-state index contributed by atoms with van der Waals surface area (Å²) in [6.07, 6.45) is 4.11. The maximum atomic E-state index is 10.7. The van der Waals surface area contributed by atoms with E-state index in [2.05, 4.69) is 55.2 Å². The predicted molar refractivity (Wildman–Crippen MR) is 125 cm³/mol. The third-order valence-electron chi connectivity index (χ3n) is 4.89. The van der Waals surface area contributed by atoms with Crippen LogP contribution in [0.5, 0.6) is 0 Å². The lowest BCUT2D eigenvalue weighted by molar-refractivity contribution is -0.384. The van der Waals surface area contributed by atoms with Crippen molar-refractivity contribution in [2.75, 3.05) is 5.73 Å². The van der Waals surface area contributed by atoms with E-state index in [4.69, 9.17) is 5.73 Å². The van der Waals surface area contributed by atoms with Crippen LogP contribution in [0.1, 0.15) is 27.7 Å². The average molecular weight is 407 g/mol. The number of nitro groups is 1. The molecule has 0 aliphatic carbocycles. The Kier molecular flexibility index (Phi) is 6.45. The van der Waals surface area contributed by atoms with Crippen LogP contribution in [-0.2, 0) is 13.1 Å². The molecule has 4 rings (SSSR count). The smallest absolute Gasteiger partial charge is 0.271 e. The molecule has 158 valence electrons. The monoisotopic (exact) mass is 406 g/mol. The summed E-state index contributed by atoms with van der Waals surface area (Å²) in [5.74, 6) is 1.18. The highest BCUT2D eigenvalue weighted by atomic mass is 16.6. The molecule has 6 heteroatoms. The van der Waals surface area contributed by atoms with Gasteiger partial charge in [0, 0.05) is 48.7 Å². The number of benzene rings is 2. The van der Waals surface area contributed by atoms with Gasteiger partial charge in [-0.05, 0) is 47.6 Å². The van der Waals surface area contributed by atoms with E-state index in [0.29, 0.717) is 11.8 Å². The second kappa shape index (κ2) is 9.03. The van der Waals surface area contributed by atoms with Crippen molar-refractivity contribution < 1.29 is 4.92 Å². The molecule has 2 aromatic carbocycles. The first-order valence-electron chi connectivity index (χ1n) is 10.3. The summed E-state index contributed by atoms with van der Waals surface area (Å²) in [5, 5.41) is 13.0. The van der Waals surface area contributed by atoms with Gasteiger partial charge in [0.2, 0.25) is 0 Å². The zero-order valence-corrected chi connectivity index (χ0v) is 18.1. The normalized spacial score (nSPS) is 11.3. The highest BCUT2D eigenvalue weighted by Gasteiger charge is 2.09. The number of anilines is 1. The molecule has 0 radical (unpaired) electrons. The molecule has 0 unspecified atom stereocenters. The Labute approximate surface area is 177 Å².